The van der Waals surface area contributed by atoms with Crippen LogP contribution in [0.5, 0.6) is 0 Å². The van der Waals surface area contributed by atoms with Crippen LogP contribution in [0.1, 0.15) is 0 Å². The zero-order valence-corrected chi connectivity index (χ0v) is 3.87. The summed E-state index contributed by atoms with van der Waals surface area (Å²) < 4.78 is 0. The standard InChI is InChI=1S/C4H4O4.Al.3H/c5-3(6)1-2-4(7)8;;;;/h1-2H,(H,5,6)(H,7,8);;;;/b2-1+;;;;. The molecule has 0 spiro atoms. The Bertz CT molecular complexity index is 124. The van der Waals surface area contributed by atoms with Crippen molar-refractivity contribution in [2.45, 2.75) is 0 Å². The van der Waals surface area contributed by atoms with Crippen molar-refractivity contribution in [1.29, 1.82) is 0 Å². The predicted octanol–water partition coefficient (Wildman–Crippen LogP) is -1.47. The Kier molecular flexibility index (Phi) is 6.58. The molecule has 0 unspecified atom stereocenters. The van der Waals surface area contributed by atoms with Gasteiger partial charge in [0.1, 0.15) is 0 Å². The normalized spacial score (nSPS) is 8.44. The van der Waals surface area contributed by atoms with Crippen LogP contribution in [-0.2, 0) is 9.59 Å². The van der Waals surface area contributed by atoms with E-state index in [9.17, 15) is 9.59 Å². The van der Waals surface area contributed by atoms with E-state index in [1.54, 1.807) is 0 Å². The Labute approximate surface area is 61.9 Å². The van der Waals surface area contributed by atoms with Crippen molar-refractivity contribution in [3.8, 4) is 0 Å². The number of carboxylic acid groups (broad SMARTS) is 2. The van der Waals surface area contributed by atoms with Crippen LogP contribution in [0, 0.1) is 0 Å². The lowest BCUT2D eigenvalue weighted by Gasteiger charge is -1.74. The zero-order valence-electron chi connectivity index (χ0n) is 3.87. The average Bonchev–Trinajstić information content (AvgIpc) is 1.61. The van der Waals surface area contributed by atoms with Gasteiger partial charge < -0.3 is 10.2 Å². The molecule has 0 aromatic carbocycles. The number of carbonyl (C=O) groups is 2. The highest BCUT2D eigenvalue weighted by Gasteiger charge is 1.88. The molecule has 0 aliphatic rings. The number of carboxylic acids is 2. The van der Waals surface area contributed by atoms with Crippen LogP contribution in [0.25, 0.3) is 0 Å². The summed E-state index contributed by atoms with van der Waals surface area (Å²) >= 11 is 0. The summed E-state index contributed by atoms with van der Waals surface area (Å²) in [5, 5.41) is 15.6. The highest BCUT2D eigenvalue weighted by Crippen LogP contribution is 1.70. The summed E-state index contributed by atoms with van der Waals surface area (Å²) in [5.41, 5.74) is 0. The van der Waals surface area contributed by atoms with Crippen molar-refractivity contribution >= 4 is 29.3 Å². The minimum absolute atomic E-state index is 0. The van der Waals surface area contributed by atoms with Crippen molar-refractivity contribution in [2.75, 3.05) is 0 Å². The van der Waals surface area contributed by atoms with Crippen molar-refractivity contribution in [3.63, 3.8) is 0 Å². The highest BCUT2D eigenvalue weighted by atomic mass is 27.0. The van der Waals surface area contributed by atoms with Gasteiger partial charge in [0, 0.05) is 12.2 Å². The molecule has 5 heteroatoms. The Morgan fingerprint density at radius 2 is 1.22 bits per heavy atom. The lowest BCUT2D eigenvalue weighted by molar-refractivity contribution is -0.134. The molecule has 0 atom stereocenters. The Hall–Kier alpha value is -0.788. The fourth-order valence-corrected chi connectivity index (χ4v) is 0.143. The molecule has 0 bridgehead atoms. The molecule has 0 aromatic heterocycles. The van der Waals surface area contributed by atoms with Crippen molar-refractivity contribution in [3.05, 3.63) is 12.2 Å². The summed E-state index contributed by atoms with van der Waals surface area (Å²) in [7, 11) is 0. The van der Waals surface area contributed by atoms with Gasteiger partial charge in [-0.3, -0.25) is 0 Å². The van der Waals surface area contributed by atoms with E-state index in [2.05, 4.69) is 0 Å². The number of rotatable bonds is 2. The lowest BCUT2D eigenvalue weighted by Crippen LogP contribution is -1.91. The highest BCUT2D eigenvalue weighted by molar-refractivity contribution is 5.89. The molecule has 0 aromatic rings. The van der Waals surface area contributed by atoms with Crippen LogP contribution in [0.15, 0.2) is 12.2 Å². The smallest absolute Gasteiger partial charge is 0.328 e. The van der Waals surface area contributed by atoms with E-state index >= 15 is 0 Å². The van der Waals surface area contributed by atoms with Gasteiger partial charge in [-0.1, -0.05) is 0 Å². The second kappa shape index (κ2) is 5.35. The third kappa shape index (κ3) is 11.0. The third-order valence-electron chi connectivity index (χ3n) is 0.368. The molecule has 0 saturated carbocycles. The molecule has 0 rings (SSSR count). The molecule has 0 fully saturated rings. The van der Waals surface area contributed by atoms with Gasteiger partial charge in [-0.15, -0.1) is 0 Å². The lowest BCUT2D eigenvalue weighted by atomic mass is 10.5. The molecule has 0 radical (unpaired) electrons. The molecule has 9 heavy (non-hydrogen) atoms. The monoisotopic (exact) mass is 146 g/mol. The van der Waals surface area contributed by atoms with Gasteiger partial charge in [0.15, 0.2) is 17.4 Å². The number of hydrogen-bond donors (Lipinski definition) is 2. The molecular formula is C4H7AlO4. The van der Waals surface area contributed by atoms with E-state index in [0.717, 1.165) is 0 Å². The second-order valence-corrected chi connectivity index (χ2v) is 1.01. The Balaban J connectivity index is 0. The molecule has 0 heterocycles. The van der Waals surface area contributed by atoms with Gasteiger partial charge in [-0.2, -0.15) is 0 Å². The van der Waals surface area contributed by atoms with Gasteiger partial charge in [0.25, 0.3) is 0 Å². The first-order valence-corrected chi connectivity index (χ1v) is 1.77. The largest absolute Gasteiger partial charge is 0.478 e. The second-order valence-electron chi connectivity index (χ2n) is 1.01. The molecular weight excluding hydrogens is 139 g/mol. The van der Waals surface area contributed by atoms with Crippen LogP contribution >= 0.6 is 0 Å². The average molecular weight is 146 g/mol. The summed E-state index contributed by atoms with van der Waals surface area (Å²) in [6.07, 6.45) is 1.12. The third-order valence-corrected chi connectivity index (χ3v) is 0.368. The molecule has 0 amide bonds. The van der Waals surface area contributed by atoms with Crippen LogP contribution in [-0.4, -0.2) is 39.5 Å². The Morgan fingerprint density at radius 3 is 1.33 bits per heavy atom. The minimum Gasteiger partial charge on any atom is -0.478 e. The Morgan fingerprint density at radius 1 is 1.00 bits per heavy atom. The van der Waals surface area contributed by atoms with E-state index < -0.39 is 11.9 Å². The fraction of sp³-hybridized carbons (Fsp3) is 0. The summed E-state index contributed by atoms with van der Waals surface area (Å²) in [5.74, 6) is -2.51. The fourth-order valence-electron chi connectivity index (χ4n) is 0.143. The zero-order chi connectivity index (χ0) is 6.57. The maximum Gasteiger partial charge on any atom is 0.328 e. The van der Waals surface area contributed by atoms with Gasteiger partial charge in [0.05, 0.1) is 0 Å². The van der Waals surface area contributed by atoms with Gasteiger partial charge in [0.2, 0.25) is 0 Å². The molecule has 0 aliphatic carbocycles. The summed E-state index contributed by atoms with van der Waals surface area (Å²) in [6.45, 7) is 0. The van der Waals surface area contributed by atoms with Gasteiger partial charge >= 0.3 is 11.9 Å². The van der Waals surface area contributed by atoms with Crippen LogP contribution in [0.4, 0.5) is 0 Å². The first-order chi connectivity index (χ1) is 3.63. The van der Waals surface area contributed by atoms with E-state index in [-0.39, 0.29) is 17.4 Å². The number of hydrogen-bond acceptors (Lipinski definition) is 2. The first kappa shape index (κ1) is 11.1. The maximum absolute atomic E-state index is 9.55. The van der Waals surface area contributed by atoms with Crippen molar-refractivity contribution in [2.24, 2.45) is 0 Å². The van der Waals surface area contributed by atoms with Crippen LogP contribution in [0.3, 0.4) is 0 Å². The van der Waals surface area contributed by atoms with E-state index in [1.165, 1.54) is 0 Å². The van der Waals surface area contributed by atoms with E-state index in [1.807, 2.05) is 0 Å². The molecule has 4 nitrogen and oxygen atoms in total. The van der Waals surface area contributed by atoms with Gasteiger partial charge in [-0.05, 0) is 0 Å². The van der Waals surface area contributed by atoms with E-state index in [0.29, 0.717) is 12.2 Å². The number of aliphatic carboxylic acids is 2. The predicted molar refractivity (Wildman–Crippen MR) is 34.4 cm³/mol. The van der Waals surface area contributed by atoms with Crippen molar-refractivity contribution in [1.82, 2.24) is 0 Å². The minimum atomic E-state index is -1.26. The van der Waals surface area contributed by atoms with Crippen molar-refractivity contribution < 1.29 is 19.8 Å². The molecule has 2 N–H and O–H groups in total. The molecule has 0 saturated heterocycles. The quantitative estimate of drug-likeness (QED) is 0.368. The summed E-state index contributed by atoms with van der Waals surface area (Å²) in [6, 6.07) is 0. The van der Waals surface area contributed by atoms with Gasteiger partial charge in [-0.25, -0.2) is 9.59 Å². The molecule has 50 valence electrons. The molecule has 0 aliphatic heterocycles. The SMILES string of the molecule is O=C(O)/C=C/C(=O)O.[AlH3]. The maximum atomic E-state index is 9.55. The van der Waals surface area contributed by atoms with E-state index in [4.69, 9.17) is 10.2 Å². The summed E-state index contributed by atoms with van der Waals surface area (Å²) in [4.78, 5) is 19.1. The first-order valence-electron chi connectivity index (χ1n) is 1.77. The van der Waals surface area contributed by atoms with Crippen LogP contribution in [0.2, 0.25) is 0 Å². The topological polar surface area (TPSA) is 74.6 Å². The van der Waals surface area contributed by atoms with Crippen LogP contribution < -0.4 is 0 Å².